The fourth-order valence-electron chi connectivity index (χ4n) is 3.05. The molecule has 1 fully saturated rings. The average Bonchev–Trinajstić information content (AvgIpc) is 3.22. The van der Waals surface area contributed by atoms with Crippen molar-refractivity contribution >= 4 is 21.6 Å². The van der Waals surface area contributed by atoms with Gasteiger partial charge in [0.05, 0.1) is 16.5 Å². The van der Waals surface area contributed by atoms with E-state index in [0.29, 0.717) is 35.7 Å². The van der Waals surface area contributed by atoms with Gasteiger partial charge in [-0.2, -0.15) is 9.57 Å². The van der Waals surface area contributed by atoms with Crippen LogP contribution in [0.4, 0.5) is 5.69 Å². The molecule has 0 saturated carbocycles. The Kier molecular flexibility index (Phi) is 5.89. The number of carbonyl (C=O) groups excluding carboxylic acids is 1. The van der Waals surface area contributed by atoms with Crippen molar-refractivity contribution in [1.29, 1.82) is 5.26 Å². The van der Waals surface area contributed by atoms with E-state index in [1.807, 2.05) is 6.07 Å². The summed E-state index contributed by atoms with van der Waals surface area (Å²) in [7, 11) is -3.41. The van der Waals surface area contributed by atoms with Crippen molar-refractivity contribution in [3.05, 3.63) is 59.7 Å². The number of nitrogens with zero attached hydrogens (tertiary/aromatic N) is 2. The molecule has 0 bridgehead atoms. The molecule has 1 aliphatic heterocycles. The van der Waals surface area contributed by atoms with E-state index >= 15 is 0 Å². The van der Waals surface area contributed by atoms with E-state index < -0.39 is 10.0 Å². The molecule has 2 aromatic rings. The van der Waals surface area contributed by atoms with Crippen LogP contribution >= 0.6 is 0 Å². The first-order chi connectivity index (χ1) is 13.0. The van der Waals surface area contributed by atoms with E-state index in [1.54, 1.807) is 48.5 Å². The third-order valence-electron chi connectivity index (χ3n) is 4.54. The number of nitriles is 1. The van der Waals surface area contributed by atoms with Crippen LogP contribution in [0, 0.1) is 11.3 Å². The van der Waals surface area contributed by atoms with Gasteiger partial charge in [0, 0.05) is 25.2 Å². The molecule has 0 unspecified atom stereocenters. The molecule has 140 valence electrons. The summed E-state index contributed by atoms with van der Waals surface area (Å²) >= 11 is 0. The third-order valence-corrected chi connectivity index (χ3v) is 6.46. The first-order valence-electron chi connectivity index (χ1n) is 8.88. The predicted octanol–water partition coefficient (Wildman–Crippen LogP) is 2.91. The van der Waals surface area contributed by atoms with Crippen molar-refractivity contribution in [3.63, 3.8) is 0 Å². The summed E-state index contributed by atoms with van der Waals surface area (Å²) in [6, 6.07) is 15.5. The highest BCUT2D eigenvalue weighted by atomic mass is 32.2. The lowest BCUT2D eigenvalue weighted by Gasteiger charge is -2.15. The van der Waals surface area contributed by atoms with Crippen LogP contribution < -0.4 is 5.32 Å². The second kappa shape index (κ2) is 8.33. The van der Waals surface area contributed by atoms with Crippen molar-refractivity contribution < 1.29 is 13.2 Å². The van der Waals surface area contributed by atoms with Crippen molar-refractivity contribution in [3.8, 4) is 6.07 Å². The van der Waals surface area contributed by atoms with Gasteiger partial charge in [-0.05, 0) is 55.2 Å². The molecular formula is C20H21N3O3S. The van der Waals surface area contributed by atoms with E-state index in [-0.39, 0.29) is 12.3 Å². The number of nitrogens with one attached hydrogen (secondary N) is 1. The zero-order chi connectivity index (χ0) is 19.3. The van der Waals surface area contributed by atoms with Gasteiger partial charge in [0.15, 0.2) is 0 Å². The lowest BCUT2D eigenvalue weighted by Crippen LogP contribution is -2.27. The van der Waals surface area contributed by atoms with Crippen molar-refractivity contribution in [2.24, 2.45) is 0 Å². The topological polar surface area (TPSA) is 90.3 Å². The molecule has 0 atom stereocenters. The highest BCUT2D eigenvalue weighted by molar-refractivity contribution is 7.89. The van der Waals surface area contributed by atoms with E-state index in [2.05, 4.69) is 5.32 Å². The van der Waals surface area contributed by atoms with E-state index in [4.69, 9.17) is 5.26 Å². The maximum Gasteiger partial charge on any atom is 0.243 e. The number of benzene rings is 2. The number of amides is 1. The molecule has 1 N–H and O–H groups in total. The summed E-state index contributed by atoms with van der Waals surface area (Å²) in [6.45, 7) is 1.16. The Hall–Kier alpha value is -2.69. The molecule has 0 radical (unpaired) electrons. The van der Waals surface area contributed by atoms with Crippen LogP contribution in [0.5, 0.6) is 0 Å². The van der Waals surface area contributed by atoms with E-state index in [0.717, 1.165) is 18.4 Å². The molecular weight excluding hydrogens is 362 g/mol. The summed E-state index contributed by atoms with van der Waals surface area (Å²) in [5.41, 5.74) is 1.98. The predicted molar refractivity (Wildman–Crippen MR) is 103 cm³/mol. The van der Waals surface area contributed by atoms with E-state index in [1.165, 1.54) is 4.31 Å². The minimum absolute atomic E-state index is 0.154. The first kappa shape index (κ1) is 19.1. The fraction of sp³-hybridized carbons (Fsp3) is 0.300. The normalized spacial score (nSPS) is 14.6. The molecule has 2 aromatic carbocycles. The molecule has 27 heavy (non-hydrogen) atoms. The number of anilines is 1. The average molecular weight is 383 g/mol. The largest absolute Gasteiger partial charge is 0.326 e. The maximum absolute atomic E-state index is 12.5. The number of carbonyl (C=O) groups is 1. The molecule has 1 aliphatic rings. The fourth-order valence-corrected chi connectivity index (χ4v) is 4.57. The third kappa shape index (κ3) is 4.73. The summed E-state index contributed by atoms with van der Waals surface area (Å²) in [5.74, 6) is -0.154. The second-order valence-electron chi connectivity index (χ2n) is 6.50. The smallest absolute Gasteiger partial charge is 0.243 e. The van der Waals surface area contributed by atoms with Crippen molar-refractivity contribution in [2.75, 3.05) is 18.4 Å². The summed E-state index contributed by atoms with van der Waals surface area (Å²) < 4.78 is 26.5. The lowest BCUT2D eigenvalue weighted by molar-refractivity contribution is -0.116. The van der Waals surface area contributed by atoms with Gasteiger partial charge in [-0.25, -0.2) is 8.42 Å². The minimum Gasteiger partial charge on any atom is -0.326 e. The zero-order valence-corrected chi connectivity index (χ0v) is 15.7. The van der Waals surface area contributed by atoms with Crippen LogP contribution in [0.2, 0.25) is 0 Å². The number of hydrogen-bond donors (Lipinski definition) is 1. The Morgan fingerprint density at radius 1 is 1.11 bits per heavy atom. The highest BCUT2D eigenvalue weighted by Gasteiger charge is 2.26. The Bertz CT molecular complexity index is 957. The molecule has 3 rings (SSSR count). The number of hydrogen-bond acceptors (Lipinski definition) is 4. The van der Waals surface area contributed by atoms with Crippen molar-refractivity contribution in [2.45, 2.75) is 30.6 Å². The van der Waals surface area contributed by atoms with Crippen LogP contribution in [0.1, 0.15) is 30.4 Å². The number of rotatable bonds is 6. The number of aryl methyl sites for hydroxylation is 1. The Labute approximate surface area is 159 Å². The van der Waals surface area contributed by atoms with Gasteiger partial charge in [-0.15, -0.1) is 0 Å². The second-order valence-corrected chi connectivity index (χ2v) is 8.43. The van der Waals surface area contributed by atoms with Gasteiger partial charge in [-0.3, -0.25) is 4.79 Å². The molecule has 1 amide bonds. The number of sulfonamides is 1. The summed E-state index contributed by atoms with van der Waals surface area (Å²) in [5, 5.41) is 11.7. The molecule has 0 aromatic heterocycles. The minimum atomic E-state index is -3.41. The molecule has 0 aliphatic carbocycles. The van der Waals surface area contributed by atoms with Crippen LogP contribution in [-0.4, -0.2) is 31.7 Å². The monoisotopic (exact) mass is 383 g/mol. The van der Waals surface area contributed by atoms with Crippen LogP contribution in [-0.2, 0) is 21.2 Å². The maximum atomic E-state index is 12.5. The summed E-state index contributed by atoms with van der Waals surface area (Å²) in [6.07, 6.45) is 2.59. The molecule has 0 spiro atoms. The van der Waals surface area contributed by atoms with Crippen LogP contribution in [0.15, 0.2) is 53.4 Å². The Morgan fingerprint density at radius 3 is 2.48 bits per heavy atom. The standard InChI is InChI=1S/C20H21N3O3S/c21-15-17-4-3-5-18(14-17)22-20(24)11-8-16-6-9-19(10-7-16)27(25,26)23-12-1-2-13-23/h3-7,9-10,14H,1-2,8,11-13H2,(H,22,24). The summed E-state index contributed by atoms with van der Waals surface area (Å²) in [4.78, 5) is 12.4. The Morgan fingerprint density at radius 2 is 1.81 bits per heavy atom. The van der Waals surface area contributed by atoms with Crippen LogP contribution in [0.25, 0.3) is 0 Å². The first-order valence-corrected chi connectivity index (χ1v) is 10.3. The van der Waals surface area contributed by atoms with Gasteiger partial charge >= 0.3 is 0 Å². The molecule has 7 heteroatoms. The van der Waals surface area contributed by atoms with Gasteiger partial charge in [0.1, 0.15) is 0 Å². The molecule has 6 nitrogen and oxygen atoms in total. The van der Waals surface area contributed by atoms with Gasteiger partial charge < -0.3 is 5.32 Å². The van der Waals surface area contributed by atoms with Crippen molar-refractivity contribution in [1.82, 2.24) is 4.31 Å². The van der Waals surface area contributed by atoms with Gasteiger partial charge in [0.2, 0.25) is 15.9 Å². The van der Waals surface area contributed by atoms with Crippen LogP contribution in [0.3, 0.4) is 0 Å². The van der Waals surface area contributed by atoms with Gasteiger partial charge in [0.25, 0.3) is 0 Å². The van der Waals surface area contributed by atoms with Gasteiger partial charge in [-0.1, -0.05) is 18.2 Å². The molecule has 1 heterocycles. The van der Waals surface area contributed by atoms with E-state index in [9.17, 15) is 13.2 Å². The SMILES string of the molecule is N#Cc1cccc(NC(=O)CCc2ccc(S(=O)(=O)N3CCCC3)cc2)c1. The molecule has 1 saturated heterocycles. The lowest BCUT2D eigenvalue weighted by atomic mass is 10.1. The quantitative estimate of drug-likeness (QED) is 0.830. The Balaban J connectivity index is 1.57. The zero-order valence-electron chi connectivity index (χ0n) is 14.9. The highest BCUT2D eigenvalue weighted by Crippen LogP contribution is 2.21.